The van der Waals surface area contributed by atoms with Gasteiger partial charge in [-0.25, -0.2) is 13.8 Å². The summed E-state index contributed by atoms with van der Waals surface area (Å²) in [4.78, 5) is 16.1. The Labute approximate surface area is 233 Å². The molecule has 2 aromatic carbocycles. The maximum absolute atomic E-state index is 16.5. The maximum Gasteiger partial charge on any atom is 0.317 e. The number of likely N-dealkylation sites (tertiary alicyclic amines) is 1. The first-order valence-corrected chi connectivity index (χ1v) is 14.6. The molecule has 11 heteroatoms. The number of aromatic nitrogens is 3. The molecule has 1 aliphatic heterocycles. The average molecular weight is 571 g/mol. The largest absolute Gasteiger partial charge is 0.459 e. The number of ether oxygens (including phenoxy) is 1. The van der Waals surface area contributed by atoms with Gasteiger partial charge in [0.15, 0.2) is 10.9 Å². The summed E-state index contributed by atoms with van der Waals surface area (Å²) in [5.74, 6) is -1.09. The summed E-state index contributed by atoms with van der Waals surface area (Å²) < 4.78 is 37.5. The summed E-state index contributed by atoms with van der Waals surface area (Å²) in [6.07, 6.45) is 5.80. The van der Waals surface area contributed by atoms with E-state index in [2.05, 4.69) is 14.9 Å². The van der Waals surface area contributed by atoms with Gasteiger partial charge in [0.2, 0.25) is 0 Å². The van der Waals surface area contributed by atoms with Crippen molar-refractivity contribution in [3.8, 4) is 17.1 Å². The van der Waals surface area contributed by atoms with Crippen LogP contribution in [0.2, 0.25) is 5.02 Å². The maximum atomic E-state index is 16.5. The lowest BCUT2D eigenvalue weighted by Crippen LogP contribution is -2.74. The van der Waals surface area contributed by atoms with Crippen molar-refractivity contribution in [2.75, 3.05) is 25.4 Å². The molecule has 1 atom stereocenters. The normalized spacial score (nSPS) is 25.5. The Morgan fingerprint density at radius 3 is 2.56 bits per heavy atom. The van der Waals surface area contributed by atoms with Gasteiger partial charge in [-0.15, -0.1) is 0 Å². The third-order valence-electron chi connectivity index (χ3n) is 8.49. The zero-order valence-electron chi connectivity index (χ0n) is 21.6. The number of rotatable bonds is 6. The molecule has 4 fully saturated rings. The zero-order chi connectivity index (χ0) is 27.1. The fourth-order valence-corrected chi connectivity index (χ4v) is 7.97. The molecular formula is C28H29ClF2N6OS. The molecular weight excluding hydrogens is 542 g/mol. The number of nitrogens with two attached hydrogens (primary N) is 2. The molecule has 4 N–H and O–H groups in total. The van der Waals surface area contributed by atoms with E-state index in [0.29, 0.717) is 10.9 Å². The van der Waals surface area contributed by atoms with Gasteiger partial charge in [0.1, 0.15) is 17.4 Å². The summed E-state index contributed by atoms with van der Waals surface area (Å²) in [5.41, 5.74) is 13.4. The first-order chi connectivity index (χ1) is 18.6. The highest BCUT2D eigenvalue weighted by molar-refractivity contribution is 7.22. The number of benzene rings is 2. The topological polar surface area (TPSA) is 103 Å². The van der Waals surface area contributed by atoms with E-state index in [1.807, 2.05) is 6.92 Å². The molecule has 8 rings (SSSR count). The molecule has 2 bridgehead atoms. The smallest absolute Gasteiger partial charge is 0.317 e. The van der Waals surface area contributed by atoms with E-state index in [4.69, 9.17) is 32.8 Å². The van der Waals surface area contributed by atoms with E-state index < -0.39 is 11.6 Å². The van der Waals surface area contributed by atoms with Crippen molar-refractivity contribution < 1.29 is 13.5 Å². The molecule has 204 valence electrons. The van der Waals surface area contributed by atoms with Crippen LogP contribution in [0.1, 0.15) is 51.1 Å². The Morgan fingerprint density at radius 1 is 1.10 bits per heavy atom. The second kappa shape index (κ2) is 8.92. The molecule has 4 aliphatic rings. The van der Waals surface area contributed by atoms with Crippen LogP contribution in [-0.2, 0) is 5.41 Å². The molecule has 7 nitrogen and oxygen atoms in total. The molecule has 3 heterocycles. The number of piperidine rings is 1. The summed E-state index contributed by atoms with van der Waals surface area (Å²) in [7, 11) is 0. The van der Waals surface area contributed by atoms with E-state index in [9.17, 15) is 4.39 Å². The van der Waals surface area contributed by atoms with Crippen molar-refractivity contribution in [1.82, 2.24) is 19.9 Å². The molecule has 0 spiro atoms. The lowest BCUT2D eigenvalue weighted by atomic mass is 9.38. The van der Waals surface area contributed by atoms with Gasteiger partial charge in [0, 0.05) is 34.0 Å². The first kappa shape index (κ1) is 25.3. The highest BCUT2D eigenvalue weighted by Crippen LogP contribution is 2.67. The molecule has 39 heavy (non-hydrogen) atoms. The van der Waals surface area contributed by atoms with Crippen LogP contribution in [0.3, 0.4) is 0 Å². The predicted molar refractivity (Wildman–Crippen MR) is 150 cm³/mol. The summed E-state index contributed by atoms with van der Waals surface area (Å²) in [6.45, 7) is 4.83. The van der Waals surface area contributed by atoms with Crippen LogP contribution >= 0.6 is 22.9 Å². The predicted octanol–water partition coefficient (Wildman–Crippen LogP) is 5.81. The van der Waals surface area contributed by atoms with Crippen molar-refractivity contribution in [2.45, 2.75) is 62.5 Å². The minimum absolute atomic E-state index is 0.101. The highest BCUT2D eigenvalue weighted by atomic mass is 35.5. The zero-order valence-corrected chi connectivity index (χ0v) is 23.1. The molecule has 0 amide bonds. The van der Waals surface area contributed by atoms with Gasteiger partial charge in [-0.05, 0) is 70.3 Å². The van der Waals surface area contributed by atoms with Gasteiger partial charge in [-0.1, -0.05) is 29.4 Å². The highest BCUT2D eigenvalue weighted by Gasteiger charge is 2.67. The minimum atomic E-state index is -0.622. The van der Waals surface area contributed by atoms with Crippen LogP contribution in [0.4, 0.5) is 13.9 Å². The van der Waals surface area contributed by atoms with Gasteiger partial charge in [-0.2, -0.15) is 9.97 Å². The Kier molecular flexibility index (Phi) is 5.79. The number of nitrogen functional groups attached to an aromatic ring is 1. The van der Waals surface area contributed by atoms with Crippen LogP contribution in [-0.4, -0.2) is 51.1 Å². The van der Waals surface area contributed by atoms with Gasteiger partial charge in [-0.3, -0.25) is 4.90 Å². The monoisotopic (exact) mass is 570 g/mol. The SMILES string of the molecule is CC(CN1CCCCC1)Oc1nc(C23CC(N)(C2)C3)c2cc(Cl)c(-c3ccc(F)c4sc(N)nc34)c(F)c2n1. The van der Waals surface area contributed by atoms with Crippen molar-refractivity contribution >= 4 is 49.2 Å². The van der Waals surface area contributed by atoms with E-state index in [0.717, 1.165) is 55.9 Å². The van der Waals surface area contributed by atoms with Crippen LogP contribution in [0.15, 0.2) is 18.2 Å². The molecule has 0 radical (unpaired) electrons. The van der Waals surface area contributed by atoms with Crippen molar-refractivity contribution in [3.63, 3.8) is 0 Å². The molecule has 3 aliphatic carbocycles. The van der Waals surface area contributed by atoms with Gasteiger partial charge < -0.3 is 16.2 Å². The lowest BCUT2D eigenvalue weighted by Gasteiger charge is -2.68. The number of hydrogen-bond acceptors (Lipinski definition) is 8. The quantitative estimate of drug-likeness (QED) is 0.302. The van der Waals surface area contributed by atoms with Gasteiger partial charge in [0.25, 0.3) is 0 Å². The Hall–Kier alpha value is -2.66. The molecule has 4 aromatic rings. The molecule has 2 aromatic heterocycles. The number of anilines is 1. The number of fused-ring (bicyclic) bond motifs is 2. The van der Waals surface area contributed by atoms with Crippen LogP contribution in [0.25, 0.3) is 32.2 Å². The molecule has 3 saturated carbocycles. The van der Waals surface area contributed by atoms with Crippen LogP contribution < -0.4 is 16.2 Å². The van der Waals surface area contributed by atoms with E-state index in [-0.39, 0.29) is 54.5 Å². The van der Waals surface area contributed by atoms with Crippen molar-refractivity contribution in [1.29, 1.82) is 0 Å². The fraction of sp³-hybridized carbons (Fsp3) is 0.464. The first-order valence-electron chi connectivity index (χ1n) is 13.4. The van der Waals surface area contributed by atoms with Gasteiger partial charge >= 0.3 is 6.01 Å². The minimum Gasteiger partial charge on any atom is -0.459 e. The number of hydrogen-bond donors (Lipinski definition) is 2. The Bertz CT molecular complexity index is 1620. The number of nitrogens with zero attached hydrogens (tertiary/aromatic N) is 4. The third kappa shape index (κ3) is 4.06. The van der Waals surface area contributed by atoms with Crippen molar-refractivity contribution in [3.05, 3.63) is 40.6 Å². The summed E-state index contributed by atoms with van der Waals surface area (Å²) in [5, 5.41) is 0.914. The Balaban J connectivity index is 1.35. The van der Waals surface area contributed by atoms with Crippen LogP contribution in [0, 0.1) is 11.6 Å². The standard InChI is InChI=1S/C28H29ClF2N6OS/c1-14(10-37-7-3-2-4-8-37)38-26-35-21-16(24(36-26)27-11-28(33,12-27)13-27)9-17(29)19(20(21)31)15-5-6-18(30)23-22(15)34-25(32)39-23/h5-6,9,14H,2-4,7-8,10-13,33H2,1H3,(H2,32,34). The summed E-state index contributed by atoms with van der Waals surface area (Å²) >= 11 is 7.75. The van der Waals surface area contributed by atoms with E-state index in [1.54, 1.807) is 6.07 Å². The molecule has 1 saturated heterocycles. The van der Waals surface area contributed by atoms with Crippen molar-refractivity contribution in [2.24, 2.45) is 5.73 Å². The van der Waals surface area contributed by atoms with E-state index >= 15 is 4.39 Å². The lowest BCUT2D eigenvalue weighted by molar-refractivity contribution is -0.0613. The third-order valence-corrected chi connectivity index (χ3v) is 9.68. The Morgan fingerprint density at radius 2 is 1.85 bits per heavy atom. The summed E-state index contributed by atoms with van der Waals surface area (Å²) in [6, 6.07) is 4.61. The average Bonchev–Trinajstić information content (AvgIpc) is 3.26. The molecule has 1 unspecified atom stereocenters. The second-order valence-electron chi connectivity index (χ2n) is 11.6. The van der Waals surface area contributed by atoms with E-state index in [1.165, 1.54) is 31.4 Å². The van der Waals surface area contributed by atoms with Gasteiger partial charge in [0.05, 0.1) is 20.9 Å². The number of thiazole rings is 1. The number of halogens is 3. The fourth-order valence-electron chi connectivity index (χ4n) is 6.91. The second-order valence-corrected chi connectivity index (χ2v) is 13.0. The van der Waals surface area contributed by atoms with Crippen LogP contribution in [0.5, 0.6) is 6.01 Å².